The number of nitrogens with one attached hydrogen (secondary N) is 2. The van der Waals surface area contributed by atoms with Crippen molar-refractivity contribution in [2.45, 2.75) is 57.4 Å². The number of hydrogen-bond acceptors (Lipinski definition) is 3. The summed E-state index contributed by atoms with van der Waals surface area (Å²) in [4.78, 5) is 2.82. The number of benzene rings is 2. The highest BCUT2D eigenvalue weighted by Crippen LogP contribution is 2.49. The van der Waals surface area contributed by atoms with Gasteiger partial charge in [-0.3, -0.25) is 10.00 Å². The van der Waals surface area contributed by atoms with E-state index in [9.17, 15) is 0 Å². The minimum Gasteiger partial charge on any atom is -0.385 e. The molecule has 3 aromatic rings. The molecule has 3 atom stereocenters. The van der Waals surface area contributed by atoms with E-state index < -0.39 is 0 Å². The van der Waals surface area contributed by atoms with E-state index >= 15 is 0 Å². The lowest BCUT2D eigenvalue weighted by atomic mass is 9.59. The molecule has 2 fully saturated rings. The standard InChI is InChI=1S/C31H38N4/c1-21-30-17-27-11-10-26(16-29(27)31(21,3)13-15-35(30)20-24-4-5-24)22(2)32-14-12-23-6-8-25(9-7-23)28-18-33-34-19-28/h6-11,16,18-19,21,24,30,32H,2,4-5,12-15,17,20H2,1,3H3,(H,33,34)/t21-,30+,31-/m0/s1. The van der Waals surface area contributed by atoms with Crippen molar-refractivity contribution in [2.24, 2.45) is 11.8 Å². The van der Waals surface area contributed by atoms with Gasteiger partial charge in [-0.2, -0.15) is 5.10 Å². The molecule has 1 aliphatic heterocycles. The highest BCUT2D eigenvalue weighted by Gasteiger charge is 2.49. The number of piperidine rings is 1. The van der Waals surface area contributed by atoms with Crippen LogP contribution in [0.1, 0.15) is 55.4 Å². The van der Waals surface area contributed by atoms with Gasteiger partial charge in [0.25, 0.3) is 0 Å². The molecular formula is C31H38N4. The van der Waals surface area contributed by atoms with Gasteiger partial charge in [0.15, 0.2) is 0 Å². The number of rotatable bonds is 8. The largest absolute Gasteiger partial charge is 0.385 e. The van der Waals surface area contributed by atoms with Crippen LogP contribution in [0.15, 0.2) is 61.4 Å². The Kier molecular flexibility index (Phi) is 5.80. The maximum Gasteiger partial charge on any atom is 0.0565 e. The maximum atomic E-state index is 4.40. The van der Waals surface area contributed by atoms with Gasteiger partial charge in [-0.25, -0.2) is 0 Å². The van der Waals surface area contributed by atoms with Crippen molar-refractivity contribution >= 4 is 5.70 Å². The predicted octanol–water partition coefficient (Wildman–Crippen LogP) is 5.81. The molecule has 2 aromatic carbocycles. The summed E-state index contributed by atoms with van der Waals surface area (Å²) in [5, 5.41) is 10.5. The number of likely N-dealkylation sites (tertiary alicyclic amines) is 1. The van der Waals surface area contributed by atoms with E-state index in [1.54, 1.807) is 11.1 Å². The number of aromatic amines is 1. The molecule has 2 heterocycles. The Bertz CT molecular complexity index is 1190. The summed E-state index contributed by atoms with van der Waals surface area (Å²) in [6, 6.07) is 16.6. The fraction of sp³-hybridized carbons (Fsp3) is 0.452. The minimum atomic E-state index is 0.269. The average Bonchev–Trinajstić information content (AvgIpc) is 3.52. The predicted molar refractivity (Wildman–Crippen MR) is 144 cm³/mol. The number of H-pyrrole nitrogens is 1. The van der Waals surface area contributed by atoms with Crippen molar-refractivity contribution in [1.29, 1.82) is 0 Å². The van der Waals surface area contributed by atoms with Gasteiger partial charge in [-0.05, 0) is 89.8 Å². The third-order valence-corrected chi connectivity index (χ3v) is 9.20. The van der Waals surface area contributed by atoms with Gasteiger partial charge in [0, 0.05) is 36.6 Å². The van der Waals surface area contributed by atoms with Gasteiger partial charge < -0.3 is 5.32 Å². The van der Waals surface area contributed by atoms with Gasteiger partial charge in [-0.15, -0.1) is 0 Å². The van der Waals surface area contributed by atoms with Crippen LogP contribution in [-0.2, 0) is 18.3 Å². The van der Waals surface area contributed by atoms with Crippen molar-refractivity contribution in [3.8, 4) is 11.1 Å². The van der Waals surface area contributed by atoms with Crippen molar-refractivity contribution in [1.82, 2.24) is 20.4 Å². The molecular weight excluding hydrogens is 428 g/mol. The second kappa shape index (κ2) is 8.98. The zero-order chi connectivity index (χ0) is 24.0. The van der Waals surface area contributed by atoms with E-state index in [0.717, 1.165) is 30.1 Å². The number of aromatic nitrogens is 2. The van der Waals surface area contributed by atoms with Crippen LogP contribution in [0.5, 0.6) is 0 Å². The van der Waals surface area contributed by atoms with Crippen LogP contribution in [0.2, 0.25) is 0 Å². The molecule has 35 heavy (non-hydrogen) atoms. The quantitative estimate of drug-likeness (QED) is 0.440. The van der Waals surface area contributed by atoms with E-state index in [1.165, 1.54) is 55.5 Å². The summed E-state index contributed by atoms with van der Waals surface area (Å²) in [5.41, 5.74) is 9.32. The molecule has 0 spiro atoms. The SMILES string of the molecule is C=C(NCCc1ccc(-c2cn[nH]c2)cc1)c1ccc2c(c1)[C@@]1(C)CCN(CC3CC3)[C@H](C2)[C@@H]1C. The molecule has 0 unspecified atom stereocenters. The molecule has 4 nitrogen and oxygen atoms in total. The number of nitrogens with zero attached hydrogens (tertiary/aromatic N) is 2. The first-order valence-electron chi connectivity index (χ1n) is 13.4. The van der Waals surface area contributed by atoms with E-state index in [0.29, 0.717) is 12.0 Å². The van der Waals surface area contributed by atoms with Crippen LogP contribution >= 0.6 is 0 Å². The molecule has 6 rings (SSSR count). The van der Waals surface area contributed by atoms with Crippen LogP contribution in [0.4, 0.5) is 0 Å². The van der Waals surface area contributed by atoms with Gasteiger partial charge in [0.05, 0.1) is 6.20 Å². The summed E-state index contributed by atoms with van der Waals surface area (Å²) in [6.07, 6.45) is 10.1. The molecule has 1 aromatic heterocycles. The zero-order valence-electron chi connectivity index (χ0n) is 21.2. The van der Waals surface area contributed by atoms with Crippen molar-refractivity contribution in [3.63, 3.8) is 0 Å². The second-order valence-corrected chi connectivity index (χ2v) is 11.4. The fourth-order valence-electron chi connectivity index (χ4n) is 6.49. The van der Waals surface area contributed by atoms with Crippen LogP contribution in [-0.4, -0.2) is 40.8 Å². The topological polar surface area (TPSA) is 44.0 Å². The maximum absolute atomic E-state index is 4.40. The molecule has 3 aliphatic rings. The van der Waals surface area contributed by atoms with Crippen LogP contribution in [0.3, 0.4) is 0 Å². The molecule has 2 aliphatic carbocycles. The summed E-state index contributed by atoms with van der Waals surface area (Å²) in [7, 11) is 0. The highest BCUT2D eigenvalue weighted by atomic mass is 15.2. The Morgan fingerprint density at radius 2 is 2.00 bits per heavy atom. The van der Waals surface area contributed by atoms with Crippen molar-refractivity contribution in [3.05, 3.63) is 83.7 Å². The molecule has 1 saturated heterocycles. The smallest absolute Gasteiger partial charge is 0.0565 e. The lowest BCUT2D eigenvalue weighted by molar-refractivity contribution is 0.0284. The molecule has 0 amide bonds. The molecule has 4 heteroatoms. The average molecular weight is 467 g/mol. The Morgan fingerprint density at radius 3 is 2.74 bits per heavy atom. The molecule has 2 N–H and O–H groups in total. The van der Waals surface area contributed by atoms with Crippen molar-refractivity contribution < 1.29 is 0 Å². The Hall–Kier alpha value is -2.85. The first-order valence-corrected chi connectivity index (χ1v) is 13.4. The summed E-state index contributed by atoms with van der Waals surface area (Å²) < 4.78 is 0. The first-order chi connectivity index (χ1) is 17.0. The number of hydrogen-bond donors (Lipinski definition) is 2. The monoisotopic (exact) mass is 466 g/mol. The molecule has 2 bridgehead atoms. The Morgan fingerprint density at radius 1 is 1.17 bits per heavy atom. The Balaban J connectivity index is 1.10. The van der Waals surface area contributed by atoms with Gasteiger partial charge in [0.1, 0.15) is 0 Å². The van der Waals surface area contributed by atoms with E-state index in [1.807, 2.05) is 12.4 Å². The van der Waals surface area contributed by atoms with Crippen LogP contribution in [0, 0.1) is 11.8 Å². The third kappa shape index (κ3) is 4.33. The normalized spacial score (nSPS) is 25.8. The minimum absolute atomic E-state index is 0.269. The summed E-state index contributed by atoms with van der Waals surface area (Å²) >= 11 is 0. The lowest BCUT2D eigenvalue weighted by Gasteiger charge is -2.55. The Labute approximate surface area is 209 Å². The van der Waals surface area contributed by atoms with E-state index in [-0.39, 0.29) is 5.41 Å². The van der Waals surface area contributed by atoms with Crippen LogP contribution in [0.25, 0.3) is 16.8 Å². The lowest BCUT2D eigenvalue weighted by Crippen LogP contribution is -2.58. The molecule has 0 radical (unpaired) electrons. The fourth-order valence-corrected chi connectivity index (χ4v) is 6.49. The van der Waals surface area contributed by atoms with Gasteiger partial charge in [-0.1, -0.05) is 56.8 Å². The number of fused-ring (bicyclic) bond motifs is 4. The zero-order valence-corrected chi connectivity index (χ0v) is 21.2. The first kappa shape index (κ1) is 22.6. The van der Waals surface area contributed by atoms with E-state index in [4.69, 9.17) is 0 Å². The van der Waals surface area contributed by atoms with Crippen LogP contribution < -0.4 is 5.32 Å². The third-order valence-electron chi connectivity index (χ3n) is 9.20. The van der Waals surface area contributed by atoms with Crippen molar-refractivity contribution in [2.75, 3.05) is 19.6 Å². The highest BCUT2D eigenvalue weighted by molar-refractivity contribution is 5.64. The molecule has 1 saturated carbocycles. The summed E-state index contributed by atoms with van der Waals surface area (Å²) in [5.74, 6) is 1.67. The second-order valence-electron chi connectivity index (χ2n) is 11.4. The van der Waals surface area contributed by atoms with Gasteiger partial charge in [0.2, 0.25) is 0 Å². The van der Waals surface area contributed by atoms with Gasteiger partial charge >= 0.3 is 0 Å². The summed E-state index contributed by atoms with van der Waals surface area (Å²) in [6.45, 7) is 12.9. The van der Waals surface area contributed by atoms with E-state index in [2.05, 4.69) is 83.3 Å². The molecule has 182 valence electrons.